The summed E-state index contributed by atoms with van der Waals surface area (Å²) in [5.41, 5.74) is 2.10. The summed E-state index contributed by atoms with van der Waals surface area (Å²) in [5.74, 6) is 0.577. The molecule has 0 bridgehead atoms. The van der Waals surface area contributed by atoms with Crippen LogP contribution in [0.3, 0.4) is 0 Å². The highest BCUT2D eigenvalue weighted by molar-refractivity contribution is 7.85. The zero-order chi connectivity index (χ0) is 22.4. The van der Waals surface area contributed by atoms with Crippen molar-refractivity contribution in [2.45, 2.75) is 134 Å². The summed E-state index contributed by atoms with van der Waals surface area (Å²) < 4.78 is 34.7. The fraction of sp³-hybridized carbons (Fsp3) is 0.769. The van der Waals surface area contributed by atoms with Crippen LogP contribution in [-0.2, 0) is 10.1 Å². The third-order valence-electron chi connectivity index (χ3n) is 6.31. The Bertz CT molecular complexity index is 682. The molecular weight excluding hydrogens is 392 g/mol. The molecule has 174 valence electrons. The fourth-order valence-electron chi connectivity index (χ4n) is 4.80. The van der Waals surface area contributed by atoms with Crippen LogP contribution in [-0.4, -0.2) is 13.0 Å². The van der Waals surface area contributed by atoms with E-state index in [1.54, 1.807) is 6.07 Å². The first kappa shape index (κ1) is 27.2. The molecule has 1 aromatic carbocycles. The van der Waals surface area contributed by atoms with Gasteiger partial charge in [-0.05, 0) is 54.7 Å². The molecule has 0 aromatic heterocycles. The average molecular weight is 439 g/mol. The summed E-state index contributed by atoms with van der Waals surface area (Å²) in [6.45, 7) is 8.82. The monoisotopic (exact) mass is 438 g/mol. The molecule has 0 amide bonds. The van der Waals surface area contributed by atoms with Crippen LogP contribution < -0.4 is 0 Å². The maximum Gasteiger partial charge on any atom is 0.294 e. The highest BCUT2D eigenvalue weighted by atomic mass is 32.2. The smallest absolute Gasteiger partial charge is 0.282 e. The first-order chi connectivity index (χ1) is 14.4. The van der Waals surface area contributed by atoms with Crippen LogP contribution in [0.25, 0.3) is 0 Å². The van der Waals surface area contributed by atoms with E-state index in [9.17, 15) is 13.0 Å². The van der Waals surface area contributed by atoms with Crippen LogP contribution >= 0.6 is 0 Å². The van der Waals surface area contributed by atoms with Gasteiger partial charge in [0.15, 0.2) is 0 Å². The molecule has 0 radical (unpaired) electrons. The Morgan fingerprint density at radius 2 is 1.23 bits per heavy atom. The van der Waals surface area contributed by atoms with Crippen molar-refractivity contribution in [1.82, 2.24) is 0 Å². The molecule has 1 rings (SSSR count). The van der Waals surface area contributed by atoms with E-state index < -0.39 is 10.1 Å². The molecule has 0 aliphatic rings. The van der Waals surface area contributed by atoms with Crippen LogP contribution in [0.1, 0.15) is 141 Å². The third-order valence-corrected chi connectivity index (χ3v) is 7.22. The second-order valence-electron chi connectivity index (χ2n) is 8.90. The molecule has 30 heavy (non-hydrogen) atoms. The van der Waals surface area contributed by atoms with E-state index in [4.69, 9.17) is 0 Å². The lowest BCUT2D eigenvalue weighted by atomic mass is 9.79. The zero-order valence-corrected chi connectivity index (χ0v) is 20.8. The predicted molar refractivity (Wildman–Crippen MR) is 129 cm³/mol. The Morgan fingerprint density at radius 3 is 1.73 bits per heavy atom. The largest absolute Gasteiger partial charge is 0.294 e. The Labute approximate surface area is 186 Å². The lowest BCUT2D eigenvalue weighted by molar-refractivity contribution is 0.466. The van der Waals surface area contributed by atoms with E-state index in [1.165, 1.54) is 50.5 Å². The van der Waals surface area contributed by atoms with Gasteiger partial charge in [-0.25, -0.2) is 0 Å². The van der Waals surface area contributed by atoms with Gasteiger partial charge in [-0.2, -0.15) is 8.42 Å². The molecule has 1 N–H and O–H groups in total. The van der Waals surface area contributed by atoms with Crippen LogP contribution in [0.4, 0.5) is 0 Å². The van der Waals surface area contributed by atoms with Gasteiger partial charge in [0.05, 0.1) is 4.90 Å². The molecule has 0 fully saturated rings. The van der Waals surface area contributed by atoms with E-state index in [0.29, 0.717) is 5.92 Å². The minimum absolute atomic E-state index is 0.156. The second kappa shape index (κ2) is 15.0. The molecule has 0 heterocycles. The minimum atomic E-state index is -4.23. The van der Waals surface area contributed by atoms with E-state index in [-0.39, 0.29) is 10.8 Å². The molecule has 2 atom stereocenters. The lowest BCUT2D eigenvalue weighted by Crippen LogP contribution is -2.14. The predicted octanol–water partition coefficient (Wildman–Crippen LogP) is 8.64. The molecule has 4 heteroatoms. The maximum atomic E-state index is 12.3. The number of hydrogen-bond acceptors (Lipinski definition) is 2. The van der Waals surface area contributed by atoms with Gasteiger partial charge in [-0.1, -0.05) is 104 Å². The average Bonchev–Trinajstić information content (AvgIpc) is 2.71. The summed E-state index contributed by atoms with van der Waals surface area (Å²) in [6, 6.07) is 5.58. The summed E-state index contributed by atoms with van der Waals surface area (Å²) in [6.07, 6.45) is 15.9. The summed E-state index contributed by atoms with van der Waals surface area (Å²) in [7, 11) is -4.23. The van der Waals surface area contributed by atoms with Crippen molar-refractivity contribution >= 4 is 10.1 Å². The topological polar surface area (TPSA) is 54.4 Å². The SMILES string of the molecule is CCCCCCC(CCC)c1cccc(S(=O)(=O)O)c1C(CCC)CCCCCC. The third kappa shape index (κ3) is 9.09. The van der Waals surface area contributed by atoms with Gasteiger partial charge < -0.3 is 0 Å². The molecule has 0 spiro atoms. The Hall–Kier alpha value is -0.870. The van der Waals surface area contributed by atoms with Gasteiger partial charge in [0.1, 0.15) is 0 Å². The minimum Gasteiger partial charge on any atom is -0.282 e. The highest BCUT2D eigenvalue weighted by Gasteiger charge is 2.27. The van der Waals surface area contributed by atoms with Gasteiger partial charge in [0, 0.05) is 0 Å². The normalized spacial score (nSPS) is 14.0. The second-order valence-corrected chi connectivity index (χ2v) is 10.3. The van der Waals surface area contributed by atoms with Gasteiger partial charge in [0.25, 0.3) is 10.1 Å². The first-order valence-corrected chi connectivity index (χ1v) is 13.9. The number of hydrogen-bond donors (Lipinski definition) is 1. The van der Waals surface area contributed by atoms with E-state index >= 15 is 0 Å². The van der Waals surface area contributed by atoms with Crippen LogP contribution in [0.15, 0.2) is 23.1 Å². The highest BCUT2D eigenvalue weighted by Crippen LogP contribution is 2.40. The Kier molecular flexibility index (Phi) is 13.6. The van der Waals surface area contributed by atoms with Crippen molar-refractivity contribution in [2.24, 2.45) is 0 Å². The van der Waals surface area contributed by atoms with Gasteiger partial charge >= 0.3 is 0 Å². The first-order valence-electron chi connectivity index (χ1n) is 12.5. The van der Waals surface area contributed by atoms with Crippen molar-refractivity contribution in [3.63, 3.8) is 0 Å². The van der Waals surface area contributed by atoms with Crippen LogP contribution in [0.2, 0.25) is 0 Å². The van der Waals surface area contributed by atoms with Crippen LogP contribution in [0.5, 0.6) is 0 Å². The van der Waals surface area contributed by atoms with Crippen molar-refractivity contribution in [1.29, 1.82) is 0 Å². The van der Waals surface area contributed by atoms with Gasteiger partial charge in [0.2, 0.25) is 0 Å². The Morgan fingerprint density at radius 1 is 0.700 bits per heavy atom. The number of unbranched alkanes of at least 4 members (excludes halogenated alkanes) is 6. The van der Waals surface area contributed by atoms with E-state index in [1.807, 2.05) is 6.07 Å². The summed E-state index contributed by atoms with van der Waals surface area (Å²) in [5, 5.41) is 0. The van der Waals surface area contributed by atoms with Crippen molar-refractivity contribution in [3.05, 3.63) is 29.3 Å². The van der Waals surface area contributed by atoms with Gasteiger partial charge in [-0.3, -0.25) is 4.55 Å². The lowest BCUT2D eigenvalue weighted by Gasteiger charge is -2.27. The van der Waals surface area contributed by atoms with Crippen molar-refractivity contribution < 1.29 is 13.0 Å². The van der Waals surface area contributed by atoms with Crippen LogP contribution in [0, 0.1) is 0 Å². The standard InChI is InChI=1S/C26H46O3S/c1-5-9-11-13-18-22(16-7-3)24-20-15-21-25(30(27,28)29)26(24)23(17-8-4)19-14-12-10-6-2/h15,20-23H,5-14,16-19H2,1-4H3,(H,27,28,29). The molecule has 0 saturated carbocycles. The molecular formula is C26H46O3S. The molecule has 0 aliphatic heterocycles. The van der Waals surface area contributed by atoms with Crippen molar-refractivity contribution in [2.75, 3.05) is 0 Å². The molecule has 0 aliphatic carbocycles. The zero-order valence-electron chi connectivity index (χ0n) is 20.0. The maximum absolute atomic E-state index is 12.3. The quantitative estimate of drug-likeness (QED) is 0.195. The number of benzene rings is 1. The summed E-state index contributed by atoms with van der Waals surface area (Å²) in [4.78, 5) is 0.156. The summed E-state index contributed by atoms with van der Waals surface area (Å²) >= 11 is 0. The molecule has 1 aromatic rings. The molecule has 0 saturated heterocycles. The number of rotatable bonds is 17. The van der Waals surface area contributed by atoms with E-state index in [0.717, 1.165) is 50.5 Å². The van der Waals surface area contributed by atoms with E-state index in [2.05, 4.69) is 33.8 Å². The van der Waals surface area contributed by atoms with Gasteiger partial charge in [-0.15, -0.1) is 0 Å². The Balaban J connectivity index is 3.34. The molecule has 3 nitrogen and oxygen atoms in total. The van der Waals surface area contributed by atoms with Crippen molar-refractivity contribution in [3.8, 4) is 0 Å². The fourth-order valence-corrected chi connectivity index (χ4v) is 5.61. The molecule has 2 unspecified atom stereocenters.